The second-order valence-corrected chi connectivity index (χ2v) is 7.00. The van der Waals surface area contributed by atoms with Crippen LogP contribution in [0.2, 0.25) is 0 Å². The highest BCUT2D eigenvalue weighted by molar-refractivity contribution is 6.02. The van der Waals surface area contributed by atoms with Gasteiger partial charge < -0.3 is 20.0 Å². The predicted octanol–water partition coefficient (Wildman–Crippen LogP) is 3.53. The van der Waals surface area contributed by atoms with Crippen molar-refractivity contribution >= 4 is 17.5 Å². The molecule has 1 aliphatic rings. The minimum absolute atomic E-state index is 0.0920. The summed E-state index contributed by atoms with van der Waals surface area (Å²) in [5, 5.41) is 5.70. The largest absolute Gasteiger partial charge is 0.459 e. The lowest BCUT2D eigenvalue weighted by Gasteiger charge is -2.33. The topological polar surface area (TPSA) is 74.6 Å². The van der Waals surface area contributed by atoms with E-state index in [0.717, 1.165) is 13.0 Å². The zero-order chi connectivity index (χ0) is 19.1. The highest BCUT2D eigenvalue weighted by Gasteiger charge is 2.17. The lowest BCUT2D eigenvalue weighted by Crippen LogP contribution is -2.39. The molecule has 27 heavy (non-hydrogen) atoms. The molecule has 1 atom stereocenters. The fourth-order valence-electron chi connectivity index (χ4n) is 3.38. The number of likely N-dealkylation sites (tertiary alicyclic amines) is 1. The van der Waals surface area contributed by atoms with E-state index < -0.39 is 0 Å². The maximum Gasteiger partial charge on any atom is 0.291 e. The molecule has 0 bridgehead atoms. The van der Waals surface area contributed by atoms with Crippen LogP contribution in [-0.4, -0.2) is 42.4 Å². The molecule has 144 valence electrons. The van der Waals surface area contributed by atoms with Crippen LogP contribution in [0.1, 0.15) is 53.5 Å². The highest BCUT2D eigenvalue weighted by Crippen LogP contribution is 2.16. The van der Waals surface area contributed by atoms with Gasteiger partial charge in [-0.2, -0.15) is 0 Å². The van der Waals surface area contributed by atoms with Crippen molar-refractivity contribution in [2.75, 3.05) is 25.0 Å². The Morgan fingerprint density at radius 1 is 1.15 bits per heavy atom. The Morgan fingerprint density at radius 2 is 1.96 bits per heavy atom. The molecule has 0 saturated carbocycles. The molecule has 0 unspecified atom stereocenters. The van der Waals surface area contributed by atoms with Gasteiger partial charge in [0.25, 0.3) is 11.8 Å². The number of benzene rings is 1. The molecule has 6 nitrogen and oxygen atoms in total. The second-order valence-electron chi connectivity index (χ2n) is 7.00. The number of nitrogens with one attached hydrogen (secondary N) is 2. The molecule has 2 heterocycles. The van der Waals surface area contributed by atoms with Gasteiger partial charge in [0.15, 0.2) is 5.76 Å². The van der Waals surface area contributed by atoms with E-state index >= 15 is 0 Å². The molecular formula is C21H27N3O3. The summed E-state index contributed by atoms with van der Waals surface area (Å²) in [6.07, 6.45) is 6.28. The summed E-state index contributed by atoms with van der Waals surface area (Å²) in [6.45, 7) is 5.14. The number of carbonyl (C=O) groups is 2. The molecule has 3 rings (SSSR count). The molecule has 1 fully saturated rings. The van der Waals surface area contributed by atoms with Crippen LogP contribution in [0, 0.1) is 0 Å². The minimum atomic E-state index is -0.316. The first kappa shape index (κ1) is 19.2. The molecule has 0 aliphatic carbocycles. The van der Waals surface area contributed by atoms with E-state index in [1.165, 1.54) is 32.1 Å². The van der Waals surface area contributed by atoms with Gasteiger partial charge in [-0.3, -0.25) is 9.59 Å². The van der Waals surface area contributed by atoms with Crippen LogP contribution in [0.3, 0.4) is 0 Å². The van der Waals surface area contributed by atoms with Crippen molar-refractivity contribution in [1.82, 2.24) is 10.2 Å². The Morgan fingerprint density at radius 3 is 2.67 bits per heavy atom. The standard InChI is InChI=1S/C21H27N3O3/c1-16-6-2-3-13-24(16)14-5-12-22-20(25)17-8-10-18(11-9-17)23-21(26)19-7-4-15-27-19/h4,7-11,15-16H,2-3,5-6,12-14H2,1H3,(H,22,25)(H,23,26)/t16-/m0/s1. The van der Waals surface area contributed by atoms with E-state index in [1.807, 2.05) is 0 Å². The number of anilines is 1. The lowest BCUT2D eigenvalue weighted by atomic mass is 10.0. The van der Waals surface area contributed by atoms with Gasteiger partial charge in [0, 0.05) is 30.4 Å². The molecule has 0 spiro atoms. The van der Waals surface area contributed by atoms with E-state index in [4.69, 9.17) is 4.42 Å². The summed E-state index contributed by atoms with van der Waals surface area (Å²) in [4.78, 5) is 26.7. The SMILES string of the molecule is C[C@H]1CCCCN1CCCNC(=O)c1ccc(NC(=O)c2ccco2)cc1. The van der Waals surface area contributed by atoms with Gasteiger partial charge in [-0.1, -0.05) is 6.42 Å². The van der Waals surface area contributed by atoms with Crippen molar-refractivity contribution in [3.8, 4) is 0 Å². The first-order valence-electron chi connectivity index (χ1n) is 9.60. The number of rotatable bonds is 7. The summed E-state index contributed by atoms with van der Waals surface area (Å²) in [5.41, 5.74) is 1.20. The van der Waals surface area contributed by atoms with E-state index in [9.17, 15) is 9.59 Å². The van der Waals surface area contributed by atoms with E-state index in [2.05, 4.69) is 22.5 Å². The molecule has 1 saturated heterocycles. The van der Waals surface area contributed by atoms with Crippen LogP contribution in [0.5, 0.6) is 0 Å². The van der Waals surface area contributed by atoms with Crippen LogP contribution in [0.15, 0.2) is 47.1 Å². The molecule has 2 aromatic rings. The number of amides is 2. The van der Waals surface area contributed by atoms with Crippen molar-refractivity contribution in [2.24, 2.45) is 0 Å². The Hall–Kier alpha value is -2.60. The number of nitrogens with zero attached hydrogens (tertiary/aromatic N) is 1. The molecule has 1 aromatic heterocycles. The Labute approximate surface area is 159 Å². The second kappa shape index (κ2) is 9.37. The lowest BCUT2D eigenvalue weighted by molar-refractivity contribution is 0.0948. The van der Waals surface area contributed by atoms with Crippen LogP contribution in [0.4, 0.5) is 5.69 Å². The van der Waals surface area contributed by atoms with E-state index in [1.54, 1.807) is 36.4 Å². The maximum atomic E-state index is 12.3. The normalized spacial score (nSPS) is 17.4. The predicted molar refractivity (Wildman–Crippen MR) is 105 cm³/mol. The third kappa shape index (κ3) is 5.44. The zero-order valence-corrected chi connectivity index (χ0v) is 15.7. The minimum Gasteiger partial charge on any atom is -0.459 e. The van der Waals surface area contributed by atoms with Crippen LogP contribution in [-0.2, 0) is 0 Å². The van der Waals surface area contributed by atoms with Crippen molar-refractivity contribution in [1.29, 1.82) is 0 Å². The summed E-state index contributed by atoms with van der Waals surface area (Å²) in [5.74, 6) is -0.158. The third-order valence-electron chi connectivity index (χ3n) is 5.00. The number of hydrogen-bond acceptors (Lipinski definition) is 4. The van der Waals surface area contributed by atoms with Crippen LogP contribution in [0.25, 0.3) is 0 Å². The van der Waals surface area contributed by atoms with Gasteiger partial charge in [-0.05, 0) is 69.1 Å². The smallest absolute Gasteiger partial charge is 0.291 e. The average Bonchev–Trinajstić information content (AvgIpc) is 3.22. The maximum absolute atomic E-state index is 12.3. The van der Waals surface area contributed by atoms with Gasteiger partial charge in [0.1, 0.15) is 0 Å². The Balaban J connectivity index is 1.41. The molecule has 2 N–H and O–H groups in total. The van der Waals surface area contributed by atoms with Crippen molar-refractivity contribution in [3.05, 3.63) is 54.0 Å². The van der Waals surface area contributed by atoms with Gasteiger partial charge in [-0.15, -0.1) is 0 Å². The van der Waals surface area contributed by atoms with Gasteiger partial charge >= 0.3 is 0 Å². The van der Waals surface area contributed by atoms with E-state index in [0.29, 0.717) is 23.8 Å². The molecule has 1 aliphatic heterocycles. The van der Waals surface area contributed by atoms with Crippen LogP contribution >= 0.6 is 0 Å². The van der Waals surface area contributed by atoms with Crippen LogP contribution < -0.4 is 10.6 Å². The molecular weight excluding hydrogens is 342 g/mol. The van der Waals surface area contributed by atoms with E-state index in [-0.39, 0.29) is 17.6 Å². The zero-order valence-electron chi connectivity index (χ0n) is 15.7. The van der Waals surface area contributed by atoms with Gasteiger partial charge in [-0.25, -0.2) is 0 Å². The van der Waals surface area contributed by atoms with Gasteiger partial charge in [0.2, 0.25) is 0 Å². The summed E-state index contributed by atoms with van der Waals surface area (Å²) >= 11 is 0. The summed E-state index contributed by atoms with van der Waals surface area (Å²) < 4.78 is 5.06. The number of hydrogen-bond donors (Lipinski definition) is 2. The molecule has 6 heteroatoms. The fourth-order valence-corrected chi connectivity index (χ4v) is 3.38. The fraction of sp³-hybridized carbons (Fsp3) is 0.429. The quantitative estimate of drug-likeness (QED) is 0.732. The van der Waals surface area contributed by atoms with Gasteiger partial charge in [0.05, 0.1) is 6.26 Å². The monoisotopic (exact) mass is 369 g/mol. The molecule has 0 radical (unpaired) electrons. The number of piperidine rings is 1. The number of carbonyl (C=O) groups excluding carboxylic acids is 2. The Kier molecular flexibility index (Phi) is 6.65. The van der Waals surface area contributed by atoms with Crippen molar-refractivity contribution in [2.45, 2.75) is 38.6 Å². The first-order chi connectivity index (χ1) is 13.1. The molecule has 1 aromatic carbocycles. The average molecular weight is 369 g/mol. The molecule has 2 amide bonds. The summed E-state index contributed by atoms with van der Waals surface area (Å²) in [6, 6.07) is 10.8. The Bertz CT molecular complexity index is 741. The highest BCUT2D eigenvalue weighted by atomic mass is 16.3. The summed E-state index contributed by atoms with van der Waals surface area (Å²) in [7, 11) is 0. The third-order valence-corrected chi connectivity index (χ3v) is 5.00. The van der Waals surface area contributed by atoms with Crippen molar-refractivity contribution in [3.63, 3.8) is 0 Å². The number of furan rings is 1. The first-order valence-corrected chi connectivity index (χ1v) is 9.60. The van der Waals surface area contributed by atoms with Crippen molar-refractivity contribution < 1.29 is 14.0 Å².